The number of para-hydroxylation sites is 1. The van der Waals surface area contributed by atoms with Crippen molar-refractivity contribution in [2.24, 2.45) is 0 Å². The fraction of sp³-hybridized carbons (Fsp3) is 0.286. The monoisotopic (exact) mass is 394 g/mol. The number of benzene rings is 1. The van der Waals surface area contributed by atoms with Gasteiger partial charge >= 0.3 is 0 Å². The Kier molecular flexibility index (Phi) is 4.62. The Morgan fingerprint density at radius 3 is 2.72 bits per heavy atom. The number of aromatic nitrogens is 1. The first-order chi connectivity index (χ1) is 13.9. The van der Waals surface area contributed by atoms with Crippen LogP contribution in [0.2, 0.25) is 0 Å². The zero-order chi connectivity index (χ0) is 20.6. The SMILES string of the molecule is CN1C(=O)c2cc3ccccc3n2CC1(C)C(=O)NCC(=O)NCc1ccco1. The molecule has 1 aromatic carbocycles. The highest BCUT2D eigenvalue weighted by atomic mass is 16.3. The van der Waals surface area contributed by atoms with Crippen molar-refractivity contribution in [3.8, 4) is 0 Å². The number of carbonyl (C=O) groups excluding carboxylic acids is 3. The van der Waals surface area contributed by atoms with E-state index in [0.717, 1.165) is 10.9 Å². The van der Waals surface area contributed by atoms with Crippen LogP contribution in [0.25, 0.3) is 10.9 Å². The van der Waals surface area contributed by atoms with Crippen molar-refractivity contribution in [2.45, 2.75) is 25.6 Å². The molecule has 1 atom stereocenters. The van der Waals surface area contributed by atoms with E-state index in [9.17, 15) is 14.4 Å². The molecule has 29 heavy (non-hydrogen) atoms. The molecule has 0 saturated heterocycles. The summed E-state index contributed by atoms with van der Waals surface area (Å²) in [5.74, 6) is -0.325. The predicted octanol–water partition coefficient (Wildman–Crippen LogP) is 1.51. The lowest BCUT2D eigenvalue weighted by atomic mass is 9.95. The number of furan rings is 1. The fourth-order valence-corrected chi connectivity index (χ4v) is 3.60. The molecular formula is C21H22N4O4. The van der Waals surface area contributed by atoms with Crippen molar-refractivity contribution >= 4 is 28.6 Å². The van der Waals surface area contributed by atoms with E-state index in [0.29, 0.717) is 18.0 Å². The van der Waals surface area contributed by atoms with Gasteiger partial charge in [0.1, 0.15) is 17.0 Å². The zero-order valence-corrected chi connectivity index (χ0v) is 16.3. The van der Waals surface area contributed by atoms with Crippen LogP contribution in [0.4, 0.5) is 0 Å². The van der Waals surface area contributed by atoms with E-state index in [2.05, 4.69) is 10.6 Å². The Bertz CT molecular complexity index is 1090. The third-order valence-corrected chi connectivity index (χ3v) is 5.48. The number of nitrogens with one attached hydrogen (secondary N) is 2. The molecular weight excluding hydrogens is 372 g/mol. The van der Waals surface area contributed by atoms with Gasteiger partial charge in [0.25, 0.3) is 5.91 Å². The average Bonchev–Trinajstić information content (AvgIpc) is 3.37. The molecule has 3 heterocycles. The van der Waals surface area contributed by atoms with Crippen molar-refractivity contribution < 1.29 is 18.8 Å². The van der Waals surface area contributed by atoms with E-state index in [1.54, 1.807) is 26.1 Å². The first kappa shape index (κ1) is 18.8. The predicted molar refractivity (Wildman–Crippen MR) is 106 cm³/mol. The zero-order valence-electron chi connectivity index (χ0n) is 16.3. The maximum atomic E-state index is 13.0. The molecule has 1 aliphatic rings. The van der Waals surface area contributed by atoms with Crippen LogP contribution in [0.1, 0.15) is 23.2 Å². The second-order valence-corrected chi connectivity index (χ2v) is 7.35. The summed E-state index contributed by atoms with van der Waals surface area (Å²) in [6, 6.07) is 13.0. The first-order valence-electron chi connectivity index (χ1n) is 9.34. The van der Waals surface area contributed by atoms with Gasteiger partial charge in [0.05, 0.1) is 25.9 Å². The van der Waals surface area contributed by atoms with Gasteiger partial charge < -0.3 is 24.5 Å². The van der Waals surface area contributed by atoms with Crippen LogP contribution in [-0.4, -0.2) is 46.3 Å². The van der Waals surface area contributed by atoms with Crippen molar-refractivity contribution in [1.82, 2.24) is 20.1 Å². The molecule has 0 fully saturated rings. The summed E-state index contributed by atoms with van der Waals surface area (Å²) in [7, 11) is 1.61. The molecule has 1 unspecified atom stereocenters. The Labute approximate surface area is 167 Å². The number of likely N-dealkylation sites (N-methyl/N-ethyl adjacent to an activating group) is 1. The summed E-state index contributed by atoms with van der Waals surface area (Å²) in [6.45, 7) is 2.07. The van der Waals surface area contributed by atoms with Crippen LogP contribution in [0.3, 0.4) is 0 Å². The summed E-state index contributed by atoms with van der Waals surface area (Å²) in [4.78, 5) is 39.4. The Morgan fingerprint density at radius 1 is 1.17 bits per heavy atom. The molecule has 8 nitrogen and oxygen atoms in total. The van der Waals surface area contributed by atoms with Crippen LogP contribution in [0, 0.1) is 0 Å². The van der Waals surface area contributed by atoms with Crippen LogP contribution in [0.15, 0.2) is 53.1 Å². The summed E-state index contributed by atoms with van der Waals surface area (Å²) in [5.41, 5.74) is 0.335. The van der Waals surface area contributed by atoms with Crippen molar-refractivity contribution in [2.75, 3.05) is 13.6 Å². The van der Waals surface area contributed by atoms with Crippen LogP contribution in [0.5, 0.6) is 0 Å². The quantitative estimate of drug-likeness (QED) is 0.686. The van der Waals surface area contributed by atoms with E-state index in [1.165, 1.54) is 11.2 Å². The maximum absolute atomic E-state index is 13.0. The molecule has 2 aromatic heterocycles. The van der Waals surface area contributed by atoms with E-state index < -0.39 is 5.54 Å². The molecule has 150 valence electrons. The van der Waals surface area contributed by atoms with E-state index >= 15 is 0 Å². The highest BCUT2D eigenvalue weighted by Crippen LogP contribution is 2.31. The van der Waals surface area contributed by atoms with Crippen molar-refractivity contribution in [1.29, 1.82) is 0 Å². The highest BCUT2D eigenvalue weighted by molar-refractivity contribution is 6.03. The number of hydrogen-bond acceptors (Lipinski definition) is 4. The summed E-state index contributed by atoms with van der Waals surface area (Å²) < 4.78 is 7.03. The minimum atomic E-state index is -1.12. The average molecular weight is 394 g/mol. The van der Waals surface area contributed by atoms with Gasteiger partial charge in [-0.15, -0.1) is 0 Å². The van der Waals surface area contributed by atoms with Gasteiger partial charge in [-0.25, -0.2) is 0 Å². The van der Waals surface area contributed by atoms with Gasteiger partial charge in [0, 0.05) is 18.0 Å². The second-order valence-electron chi connectivity index (χ2n) is 7.35. The van der Waals surface area contributed by atoms with Gasteiger partial charge in [-0.05, 0) is 31.2 Å². The molecule has 0 aliphatic carbocycles. The van der Waals surface area contributed by atoms with Gasteiger partial charge in [-0.2, -0.15) is 0 Å². The van der Waals surface area contributed by atoms with E-state index in [4.69, 9.17) is 4.42 Å². The molecule has 0 spiro atoms. The van der Waals surface area contributed by atoms with E-state index in [-0.39, 0.29) is 30.8 Å². The summed E-state index contributed by atoms with van der Waals surface area (Å²) in [6.07, 6.45) is 1.53. The van der Waals surface area contributed by atoms with Crippen LogP contribution >= 0.6 is 0 Å². The topological polar surface area (TPSA) is 96.6 Å². The largest absolute Gasteiger partial charge is 0.467 e. The molecule has 4 rings (SSSR count). The van der Waals surface area contributed by atoms with E-state index in [1.807, 2.05) is 34.9 Å². The van der Waals surface area contributed by atoms with Crippen LogP contribution in [-0.2, 0) is 22.7 Å². The third-order valence-electron chi connectivity index (χ3n) is 5.48. The van der Waals surface area contributed by atoms with Crippen molar-refractivity contribution in [3.05, 3.63) is 60.2 Å². The smallest absolute Gasteiger partial charge is 0.271 e. The molecule has 8 heteroatoms. The normalized spacial score (nSPS) is 18.6. The lowest BCUT2D eigenvalue weighted by Crippen LogP contribution is -2.63. The second kappa shape index (κ2) is 7.12. The number of rotatable bonds is 5. The number of nitrogens with zero attached hydrogens (tertiary/aromatic N) is 2. The standard InChI is InChI=1S/C21H22N4O4/c1-21(20(28)23-12-18(26)22-11-15-7-5-9-29-15)13-25-16-8-4-3-6-14(16)10-17(25)19(27)24(21)2/h3-10H,11-13H2,1-2H3,(H,22,26)(H,23,28). The fourth-order valence-electron chi connectivity index (χ4n) is 3.60. The molecule has 0 radical (unpaired) electrons. The Hall–Kier alpha value is -3.55. The molecule has 3 amide bonds. The minimum absolute atomic E-state index is 0.184. The van der Waals surface area contributed by atoms with Gasteiger partial charge in [-0.3, -0.25) is 14.4 Å². The van der Waals surface area contributed by atoms with Crippen LogP contribution < -0.4 is 10.6 Å². The molecule has 0 saturated carbocycles. The highest BCUT2D eigenvalue weighted by Gasteiger charge is 2.45. The number of fused-ring (bicyclic) bond motifs is 3. The lowest BCUT2D eigenvalue weighted by molar-refractivity contribution is -0.134. The lowest BCUT2D eigenvalue weighted by Gasteiger charge is -2.41. The maximum Gasteiger partial charge on any atom is 0.271 e. The van der Waals surface area contributed by atoms with Gasteiger partial charge in [0.15, 0.2) is 0 Å². The number of carbonyl (C=O) groups is 3. The summed E-state index contributed by atoms with van der Waals surface area (Å²) in [5, 5.41) is 6.28. The van der Waals surface area contributed by atoms with Crippen molar-refractivity contribution in [3.63, 3.8) is 0 Å². The summed E-state index contributed by atoms with van der Waals surface area (Å²) >= 11 is 0. The Morgan fingerprint density at radius 2 is 1.97 bits per heavy atom. The Balaban J connectivity index is 1.47. The van der Waals surface area contributed by atoms with Gasteiger partial charge in [0.2, 0.25) is 11.8 Å². The van der Waals surface area contributed by atoms with Gasteiger partial charge in [-0.1, -0.05) is 18.2 Å². The molecule has 3 aromatic rings. The molecule has 2 N–H and O–H groups in total. The number of amides is 3. The first-order valence-corrected chi connectivity index (χ1v) is 9.34. The minimum Gasteiger partial charge on any atom is -0.467 e. The third kappa shape index (κ3) is 3.26. The molecule has 0 bridgehead atoms. The number of hydrogen-bond donors (Lipinski definition) is 2. The molecule has 1 aliphatic heterocycles.